The Bertz CT molecular complexity index is 1690. The van der Waals surface area contributed by atoms with Gasteiger partial charge in [0.2, 0.25) is 0 Å². The first-order chi connectivity index (χ1) is 20.4. The number of amides is 2. The molecular formula is C32H40N6O4S. The third kappa shape index (κ3) is 6.37. The smallest absolute Gasteiger partial charge is 0.324 e. The molecule has 0 saturated carbocycles. The summed E-state index contributed by atoms with van der Waals surface area (Å²) in [7, 11) is -3.92. The van der Waals surface area contributed by atoms with Crippen LogP contribution in [0.1, 0.15) is 67.1 Å². The quantitative estimate of drug-likeness (QED) is 0.228. The number of carbonyl (C=O) groups is 1. The van der Waals surface area contributed by atoms with Crippen LogP contribution in [0.15, 0.2) is 64.0 Å². The molecule has 2 aromatic carbocycles. The molecule has 11 heteroatoms. The maximum atomic E-state index is 14.3. The summed E-state index contributed by atoms with van der Waals surface area (Å²) < 4.78 is 35.6. The highest BCUT2D eigenvalue weighted by molar-refractivity contribution is 7.91. The van der Waals surface area contributed by atoms with Crippen molar-refractivity contribution in [1.82, 2.24) is 20.3 Å². The van der Waals surface area contributed by atoms with Gasteiger partial charge in [-0.3, -0.25) is 5.32 Å². The molecule has 4 aromatic rings. The van der Waals surface area contributed by atoms with Crippen molar-refractivity contribution >= 4 is 27.4 Å². The Balaban J connectivity index is 1.50. The van der Waals surface area contributed by atoms with Crippen molar-refractivity contribution in [3.05, 3.63) is 82.9 Å². The van der Waals surface area contributed by atoms with Crippen molar-refractivity contribution in [3.8, 4) is 5.69 Å². The summed E-state index contributed by atoms with van der Waals surface area (Å²) in [5, 5.41) is 17.1. The second kappa shape index (κ2) is 12.0. The summed E-state index contributed by atoms with van der Waals surface area (Å²) in [5.41, 5.74) is 3.80. The fourth-order valence-electron chi connectivity index (χ4n) is 5.68. The van der Waals surface area contributed by atoms with Crippen LogP contribution in [0.2, 0.25) is 0 Å². The number of hydrogen-bond donors (Lipinski definition) is 3. The van der Waals surface area contributed by atoms with E-state index in [1.807, 2.05) is 37.3 Å². The minimum Gasteiger partial charge on any atom is -0.360 e. The van der Waals surface area contributed by atoms with Crippen LogP contribution >= 0.6 is 0 Å². The standard InChI is InChI=1S/C32H40N6O4S/c1-20-11-13-24(14-12-20)38-28(19-27(36-38)32(4,5)6)35-31(39)34-26-10-8-7-9-25(26)30(23-15-17-33-18-16-23)43(40,41)29-21(2)37-42-22(29)3/h7-14,19,23,30,33H,15-18H2,1-6H3,(H2,34,35,39). The summed E-state index contributed by atoms with van der Waals surface area (Å²) in [6.45, 7) is 12.9. The predicted octanol–water partition coefficient (Wildman–Crippen LogP) is 6.24. The lowest BCUT2D eigenvalue weighted by atomic mass is 9.89. The molecular weight excluding hydrogens is 564 g/mol. The molecule has 1 saturated heterocycles. The molecule has 5 rings (SSSR count). The Kier molecular flexibility index (Phi) is 8.49. The lowest BCUT2D eigenvalue weighted by Crippen LogP contribution is -2.34. The Morgan fingerprint density at radius 3 is 2.33 bits per heavy atom. The van der Waals surface area contributed by atoms with Crippen LogP contribution in [-0.2, 0) is 15.3 Å². The van der Waals surface area contributed by atoms with Gasteiger partial charge in [0, 0.05) is 17.2 Å². The molecule has 0 bridgehead atoms. The van der Waals surface area contributed by atoms with E-state index >= 15 is 0 Å². The molecule has 1 fully saturated rings. The maximum Gasteiger partial charge on any atom is 0.324 e. The van der Waals surface area contributed by atoms with Crippen molar-refractivity contribution in [1.29, 1.82) is 0 Å². The van der Waals surface area contributed by atoms with E-state index in [1.165, 1.54) is 0 Å². The van der Waals surface area contributed by atoms with Crippen LogP contribution < -0.4 is 16.0 Å². The second-order valence-corrected chi connectivity index (χ2v) is 14.3. The molecule has 0 aliphatic carbocycles. The van der Waals surface area contributed by atoms with Gasteiger partial charge in [-0.05, 0) is 76.4 Å². The minimum absolute atomic E-state index is 0.118. The second-order valence-electron chi connectivity index (χ2n) is 12.3. The number of hydrogen-bond acceptors (Lipinski definition) is 7. The first kappa shape index (κ1) is 30.5. The number of anilines is 2. The van der Waals surface area contributed by atoms with Crippen molar-refractivity contribution in [3.63, 3.8) is 0 Å². The average molecular weight is 605 g/mol. The molecule has 3 heterocycles. The van der Waals surface area contributed by atoms with E-state index in [-0.39, 0.29) is 22.0 Å². The summed E-state index contributed by atoms with van der Waals surface area (Å²) in [5.74, 6) is 0.601. The van der Waals surface area contributed by atoms with Crippen LogP contribution in [0, 0.1) is 26.7 Å². The fourth-order valence-corrected chi connectivity index (χ4v) is 8.14. The fraction of sp³-hybridized carbons (Fsp3) is 0.406. The van der Waals surface area contributed by atoms with Gasteiger partial charge in [-0.1, -0.05) is 61.8 Å². The van der Waals surface area contributed by atoms with Crippen molar-refractivity contribution < 1.29 is 17.7 Å². The van der Waals surface area contributed by atoms with Crippen LogP contribution in [0.25, 0.3) is 5.69 Å². The van der Waals surface area contributed by atoms with Gasteiger partial charge >= 0.3 is 6.03 Å². The highest BCUT2D eigenvalue weighted by atomic mass is 32.2. The van der Waals surface area contributed by atoms with E-state index in [0.29, 0.717) is 48.7 Å². The number of aromatic nitrogens is 3. The van der Waals surface area contributed by atoms with E-state index in [9.17, 15) is 13.2 Å². The molecule has 1 unspecified atom stereocenters. The van der Waals surface area contributed by atoms with Gasteiger partial charge in [-0.2, -0.15) is 5.10 Å². The number of nitrogens with zero attached hydrogens (tertiary/aromatic N) is 3. The van der Waals surface area contributed by atoms with Gasteiger partial charge in [0.15, 0.2) is 15.6 Å². The Hall–Kier alpha value is -3.96. The van der Waals surface area contributed by atoms with Crippen LogP contribution in [0.4, 0.5) is 16.3 Å². The molecule has 1 aliphatic rings. The Morgan fingerprint density at radius 1 is 1.02 bits per heavy atom. The maximum absolute atomic E-state index is 14.3. The highest BCUT2D eigenvalue weighted by Crippen LogP contribution is 2.43. The molecule has 43 heavy (non-hydrogen) atoms. The van der Waals surface area contributed by atoms with Gasteiger partial charge in [-0.15, -0.1) is 0 Å². The zero-order chi connectivity index (χ0) is 30.9. The zero-order valence-corrected chi connectivity index (χ0v) is 26.4. The SMILES string of the molecule is Cc1ccc(-n2nc(C(C)(C)C)cc2NC(=O)Nc2ccccc2C(C2CCNCC2)S(=O)(=O)c2c(C)noc2C)cc1. The first-order valence-corrected chi connectivity index (χ1v) is 16.1. The monoisotopic (exact) mass is 604 g/mol. The largest absolute Gasteiger partial charge is 0.360 e. The number of urea groups is 1. The van der Waals surface area contributed by atoms with Gasteiger partial charge in [0.1, 0.15) is 10.7 Å². The topological polar surface area (TPSA) is 131 Å². The van der Waals surface area contributed by atoms with Crippen molar-refractivity contribution in [2.45, 2.75) is 69.9 Å². The highest BCUT2D eigenvalue weighted by Gasteiger charge is 2.41. The number of sulfone groups is 1. The Labute approximate surface area is 253 Å². The number of rotatable bonds is 7. The summed E-state index contributed by atoms with van der Waals surface area (Å²) >= 11 is 0. The normalized spacial score (nSPS) is 15.3. The molecule has 2 aromatic heterocycles. The molecule has 2 amide bonds. The van der Waals surface area contributed by atoms with E-state index in [2.05, 4.69) is 41.9 Å². The molecule has 228 valence electrons. The van der Waals surface area contributed by atoms with Crippen LogP contribution in [0.5, 0.6) is 0 Å². The Morgan fingerprint density at radius 2 is 1.70 bits per heavy atom. The zero-order valence-electron chi connectivity index (χ0n) is 25.6. The third-order valence-electron chi connectivity index (χ3n) is 7.91. The molecule has 1 aliphatic heterocycles. The van der Waals surface area contributed by atoms with Crippen LogP contribution in [0.3, 0.4) is 0 Å². The minimum atomic E-state index is -3.92. The molecule has 10 nitrogen and oxygen atoms in total. The van der Waals surface area contributed by atoms with E-state index in [0.717, 1.165) is 16.9 Å². The molecule has 3 N–H and O–H groups in total. The summed E-state index contributed by atoms with van der Waals surface area (Å²) in [4.78, 5) is 13.7. The van der Waals surface area contributed by atoms with Gasteiger partial charge in [0.05, 0.1) is 22.3 Å². The van der Waals surface area contributed by atoms with Gasteiger partial charge < -0.3 is 15.2 Å². The van der Waals surface area contributed by atoms with Gasteiger partial charge in [-0.25, -0.2) is 17.9 Å². The number of carbonyl (C=O) groups excluding carboxylic acids is 1. The summed E-state index contributed by atoms with van der Waals surface area (Å²) in [6, 6.07) is 16.4. The lowest BCUT2D eigenvalue weighted by molar-refractivity contribution is 0.262. The molecule has 0 spiro atoms. The number of para-hydroxylation sites is 1. The predicted molar refractivity (Wildman–Crippen MR) is 168 cm³/mol. The van der Waals surface area contributed by atoms with E-state index in [1.54, 1.807) is 42.8 Å². The van der Waals surface area contributed by atoms with Crippen molar-refractivity contribution in [2.24, 2.45) is 5.92 Å². The first-order valence-electron chi connectivity index (χ1n) is 14.6. The lowest BCUT2D eigenvalue weighted by Gasteiger charge is -2.32. The van der Waals surface area contributed by atoms with Crippen molar-refractivity contribution in [2.75, 3.05) is 23.7 Å². The third-order valence-corrected chi connectivity index (χ3v) is 10.4. The van der Waals surface area contributed by atoms with Crippen LogP contribution in [-0.4, -0.2) is 42.5 Å². The summed E-state index contributed by atoms with van der Waals surface area (Å²) in [6.07, 6.45) is 1.36. The molecule has 0 radical (unpaired) electrons. The molecule has 1 atom stereocenters. The van der Waals surface area contributed by atoms with E-state index in [4.69, 9.17) is 9.62 Å². The average Bonchev–Trinajstić information content (AvgIpc) is 3.53. The van der Waals surface area contributed by atoms with Gasteiger partial charge in [0.25, 0.3) is 0 Å². The number of benzene rings is 2. The number of nitrogens with one attached hydrogen (secondary N) is 3. The number of piperidine rings is 1. The van der Waals surface area contributed by atoms with E-state index < -0.39 is 21.1 Å². The number of aryl methyl sites for hydroxylation is 3.